The number of esters is 1. The third kappa shape index (κ3) is 6.35. The number of hydrogen-bond acceptors (Lipinski definition) is 4. The molecule has 0 bridgehead atoms. The van der Waals surface area contributed by atoms with Crippen LogP contribution in [0.4, 0.5) is 5.69 Å². The summed E-state index contributed by atoms with van der Waals surface area (Å²) in [6.07, 6.45) is 6.97. The molecule has 5 heteroatoms. The van der Waals surface area contributed by atoms with E-state index in [1.807, 2.05) is 57.2 Å². The summed E-state index contributed by atoms with van der Waals surface area (Å²) in [5.74, 6) is 0.811. The van der Waals surface area contributed by atoms with E-state index in [9.17, 15) is 4.79 Å². The number of carbonyl (C=O) groups excluding carboxylic acids is 1. The van der Waals surface area contributed by atoms with Gasteiger partial charge < -0.3 is 14.2 Å². The van der Waals surface area contributed by atoms with Gasteiger partial charge >= 0.3 is 5.97 Å². The van der Waals surface area contributed by atoms with Crippen molar-refractivity contribution in [3.8, 4) is 11.1 Å². The smallest absolute Gasteiger partial charge is 0.339 e. The molecule has 0 aliphatic carbocycles. The van der Waals surface area contributed by atoms with Crippen LogP contribution in [0.2, 0.25) is 0 Å². The van der Waals surface area contributed by atoms with Gasteiger partial charge in [0.05, 0.1) is 16.6 Å². The van der Waals surface area contributed by atoms with Crippen LogP contribution in [0.1, 0.15) is 81.5 Å². The monoisotopic (exact) mass is 523 g/mol. The summed E-state index contributed by atoms with van der Waals surface area (Å²) in [7, 11) is 0. The fourth-order valence-electron chi connectivity index (χ4n) is 5.46. The van der Waals surface area contributed by atoms with Gasteiger partial charge in [-0.25, -0.2) is 9.78 Å². The number of aryl methyl sites for hydroxylation is 1. The van der Waals surface area contributed by atoms with Gasteiger partial charge in [0.25, 0.3) is 0 Å². The highest BCUT2D eigenvalue weighted by Crippen LogP contribution is 2.30. The zero-order chi connectivity index (χ0) is 27.4. The Labute approximate surface area is 232 Å². The van der Waals surface area contributed by atoms with Gasteiger partial charge in [-0.3, -0.25) is 0 Å². The number of hydrogen-bond donors (Lipinski definition) is 0. The van der Waals surface area contributed by atoms with E-state index in [0.717, 1.165) is 65.9 Å². The zero-order valence-corrected chi connectivity index (χ0v) is 23.9. The first-order valence-electron chi connectivity index (χ1n) is 14.5. The van der Waals surface area contributed by atoms with Crippen LogP contribution in [0.3, 0.4) is 0 Å². The normalized spacial score (nSPS) is 14.1. The lowest BCUT2D eigenvalue weighted by atomic mass is 9.97. The average Bonchev–Trinajstić information content (AvgIpc) is 3.28. The number of nitrogens with zero attached hydrogens (tertiary/aromatic N) is 3. The molecule has 0 radical (unpaired) electrons. The van der Waals surface area contributed by atoms with E-state index < -0.39 is 5.60 Å². The minimum atomic E-state index is -0.570. The SMILES string of the molecule is CCCCc1nc2ccc(N3CCCCC3)cc2n1Cc1ccc(-c2ccccc2)c(C(=O)OC(C)(C)C)c1. The van der Waals surface area contributed by atoms with Crippen LogP contribution in [0.25, 0.3) is 22.2 Å². The lowest BCUT2D eigenvalue weighted by molar-refractivity contribution is 0.00703. The molecule has 204 valence electrons. The minimum absolute atomic E-state index is 0.294. The first kappa shape index (κ1) is 27.0. The van der Waals surface area contributed by atoms with Crippen LogP contribution in [0.15, 0.2) is 66.7 Å². The van der Waals surface area contributed by atoms with Crippen molar-refractivity contribution in [3.63, 3.8) is 0 Å². The van der Waals surface area contributed by atoms with E-state index in [0.29, 0.717) is 12.1 Å². The first-order chi connectivity index (χ1) is 18.8. The Kier molecular flexibility index (Phi) is 8.06. The van der Waals surface area contributed by atoms with Crippen molar-refractivity contribution >= 4 is 22.7 Å². The van der Waals surface area contributed by atoms with Crippen molar-refractivity contribution in [2.75, 3.05) is 18.0 Å². The van der Waals surface area contributed by atoms with Crippen molar-refractivity contribution < 1.29 is 9.53 Å². The summed E-state index contributed by atoms with van der Waals surface area (Å²) in [4.78, 5) is 21.0. The molecule has 0 atom stereocenters. The third-order valence-corrected chi connectivity index (χ3v) is 7.41. The number of benzene rings is 3. The molecule has 5 nitrogen and oxygen atoms in total. The van der Waals surface area contributed by atoms with Crippen molar-refractivity contribution in [2.24, 2.45) is 0 Å². The minimum Gasteiger partial charge on any atom is -0.456 e. The fourth-order valence-corrected chi connectivity index (χ4v) is 5.46. The van der Waals surface area contributed by atoms with E-state index in [4.69, 9.17) is 9.72 Å². The molecule has 0 N–H and O–H groups in total. The third-order valence-electron chi connectivity index (χ3n) is 7.41. The Hall–Kier alpha value is -3.60. The zero-order valence-electron chi connectivity index (χ0n) is 23.9. The quantitative estimate of drug-likeness (QED) is 0.219. The first-order valence-corrected chi connectivity index (χ1v) is 14.5. The molecular weight excluding hydrogens is 482 g/mol. The molecule has 3 aromatic carbocycles. The Bertz CT molecular complexity index is 1430. The van der Waals surface area contributed by atoms with Gasteiger partial charge in [0.1, 0.15) is 11.4 Å². The molecule has 2 heterocycles. The Morgan fingerprint density at radius 1 is 0.949 bits per heavy atom. The lowest BCUT2D eigenvalue weighted by Crippen LogP contribution is -2.29. The van der Waals surface area contributed by atoms with Crippen molar-refractivity contribution in [1.29, 1.82) is 0 Å². The molecule has 39 heavy (non-hydrogen) atoms. The van der Waals surface area contributed by atoms with E-state index in [-0.39, 0.29) is 5.97 Å². The van der Waals surface area contributed by atoms with Crippen molar-refractivity contribution in [2.45, 2.75) is 78.4 Å². The molecule has 1 fully saturated rings. The van der Waals surface area contributed by atoms with E-state index in [1.165, 1.54) is 24.9 Å². The molecule has 1 aliphatic heterocycles. The number of ether oxygens (including phenoxy) is 1. The molecule has 0 spiro atoms. The lowest BCUT2D eigenvalue weighted by Gasteiger charge is -2.28. The van der Waals surface area contributed by atoms with Crippen LogP contribution >= 0.6 is 0 Å². The Balaban J connectivity index is 1.56. The van der Waals surface area contributed by atoms with Crippen LogP contribution in [0.5, 0.6) is 0 Å². The largest absolute Gasteiger partial charge is 0.456 e. The summed E-state index contributed by atoms with van der Waals surface area (Å²) in [5.41, 5.74) is 6.47. The number of carbonyl (C=O) groups is 1. The summed E-state index contributed by atoms with van der Waals surface area (Å²) in [5, 5.41) is 0. The molecule has 1 aliphatic rings. The molecule has 0 saturated carbocycles. The van der Waals surface area contributed by atoms with Crippen LogP contribution in [-0.2, 0) is 17.7 Å². The summed E-state index contributed by atoms with van der Waals surface area (Å²) in [6.45, 7) is 10.8. The topological polar surface area (TPSA) is 47.4 Å². The summed E-state index contributed by atoms with van der Waals surface area (Å²) < 4.78 is 8.20. The van der Waals surface area contributed by atoms with E-state index >= 15 is 0 Å². The highest BCUT2D eigenvalue weighted by Gasteiger charge is 2.22. The second-order valence-electron chi connectivity index (χ2n) is 11.7. The van der Waals surface area contributed by atoms with Crippen LogP contribution in [-0.4, -0.2) is 34.2 Å². The van der Waals surface area contributed by atoms with Gasteiger partial charge in [-0.15, -0.1) is 0 Å². The predicted molar refractivity (Wildman–Crippen MR) is 161 cm³/mol. The molecule has 1 aromatic heterocycles. The van der Waals surface area contributed by atoms with Gasteiger partial charge in [-0.2, -0.15) is 0 Å². The standard InChI is InChI=1S/C34H41N3O2/c1-5-6-15-32-35-30-19-17-27(36-20-11-8-12-21-36)23-31(30)37(32)24-25-16-18-28(26-13-9-7-10-14-26)29(22-25)33(38)39-34(2,3)4/h7,9-10,13-14,16-19,22-23H,5-6,8,11-12,15,20-21,24H2,1-4H3. The van der Waals surface area contributed by atoms with Crippen LogP contribution in [0, 0.1) is 0 Å². The summed E-state index contributed by atoms with van der Waals surface area (Å²) >= 11 is 0. The molecular formula is C34H41N3O2. The number of fused-ring (bicyclic) bond motifs is 1. The number of piperidine rings is 1. The van der Waals surface area contributed by atoms with Crippen LogP contribution < -0.4 is 4.90 Å². The fraction of sp³-hybridized carbons (Fsp3) is 0.412. The second kappa shape index (κ2) is 11.6. The van der Waals surface area contributed by atoms with Gasteiger partial charge in [-0.05, 0) is 87.4 Å². The highest BCUT2D eigenvalue weighted by atomic mass is 16.6. The van der Waals surface area contributed by atoms with Crippen molar-refractivity contribution in [3.05, 3.63) is 83.7 Å². The Morgan fingerprint density at radius 2 is 1.72 bits per heavy atom. The van der Waals surface area contributed by atoms with Crippen molar-refractivity contribution in [1.82, 2.24) is 9.55 Å². The molecule has 0 unspecified atom stereocenters. The highest BCUT2D eigenvalue weighted by molar-refractivity contribution is 5.97. The van der Waals surface area contributed by atoms with E-state index in [1.54, 1.807) is 0 Å². The number of anilines is 1. The van der Waals surface area contributed by atoms with Gasteiger partial charge in [0.15, 0.2) is 0 Å². The maximum Gasteiger partial charge on any atom is 0.339 e. The number of rotatable bonds is 8. The molecule has 4 aromatic rings. The summed E-state index contributed by atoms with van der Waals surface area (Å²) in [6, 6.07) is 23.0. The molecule has 1 saturated heterocycles. The number of unbranched alkanes of at least 4 members (excludes halogenated alkanes) is 1. The second-order valence-corrected chi connectivity index (χ2v) is 11.7. The van der Waals surface area contributed by atoms with Gasteiger partial charge in [0.2, 0.25) is 0 Å². The van der Waals surface area contributed by atoms with Gasteiger partial charge in [0, 0.05) is 31.7 Å². The molecule has 0 amide bonds. The molecule has 5 rings (SSSR count). The number of imidazole rings is 1. The van der Waals surface area contributed by atoms with E-state index in [2.05, 4.69) is 46.7 Å². The maximum atomic E-state index is 13.4. The van der Waals surface area contributed by atoms with Gasteiger partial charge in [-0.1, -0.05) is 55.8 Å². The number of aromatic nitrogens is 2. The maximum absolute atomic E-state index is 13.4. The average molecular weight is 524 g/mol. The predicted octanol–water partition coefficient (Wildman–Crippen LogP) is 8.04. The Morgan fingerprint density at radius 3 is 2.44 bits per heavy atom.